The standard InChI is InChI=1S/C11H14BrNOS/c1-3-15-10-7-5-4-6-9(10)13-11(14)8(2)12/h4-8H,3H2,1-2H3,(H,13,14). The Bertz CT molecular complexity index is 341. The maximum absolute atomic E-state index is 11.5. The van der Waals surface area contributed by atoms with E-state index in [0.29, 0.717) is 0 Å². The van der Waals surface area contributed by atoms with Crippen LogP contribution in [0.4, 0.5) is 5.69 Å². The fraction of sp³-hybridized carbons (Fsp3) is 0.364. The Morgan fingerprint density at radius 3 is 2.80 bits per heavy atom. The van der Waals surface area contributed by atoms with Crippen LogP contribution in [-0.2, 0) is 4.79 Å². The first-order valence-electron chi connectivity index (χ1n) is 4.82. The molecule has 1 atom stereocenters. The van der Waals surface area contributed by atoms with Gasteiger partial charge in [-0.15, -0.1) is 11.8 Å². The lowest BCUT2D eigenvalue weighted by atomic mass is 10.3. The summed E-state index contributed by atoms with van der Waals surface area (Å²) in [6, 6.07) is 7.84. The molecule has 0 aliphatic heterocycles. The molecule has 4 heteroatoms. The molecule has 1 N–H and O–H groups in total. The SMILES string of the molecule is CCSc1ccccc1NC(=O)C(C)Br. The summed E-state index contributed by atoms with van der Waals surface area (Å²) in [5, 5.41) is 2.89. The zero-order valence-corrected chi connectivity index (χ0v) is 11.2. The van der Waals surface area contributed by atoms with Gasteiger partial charge in [0.05, 0.1) is 10.5 Å². The number of amides is 1. The summed E-state index contributed by atoms with van der Waals surface area (Å²) in [6.45, 7) is 3.90. The number of rotatable bonds is 4. The minimum absolute atomic E-state index is 0.0147. The third-order valence-corrected chi connectivity index (χ3v) is 3.18. The Hall–Kier alpha value is -0.480. The number of alkyl halides is 1. The van der Waals surface area contributed by atoms with Crippen LogP contribution in [0.2, 0.25) is 0 Å². The van der Waals surface area contributed by atoms with Crippen molar-refractivity contribution in [1.82, 2.24) is 0 Å². The second-order valence-corrected chi connectivity index (χ2v) is 5.71. The van der Waals surface area contributed by atoms with Crippen LogP contribution in [0.1, 0.15) is 13.8 Å². The number of carbonyl (C=O) groups is 1. The molecule has 2 nitrogen and oxygen atoms in total. The number of thioether (sulfide) groups is 1. The van der Waals surface area contributed by atoms with Crippen LogP contribution in [0.25, 0.3) is 0 Å². The van der Waals surface area contributed by atoms with E-state index in [4.69, 9.17) is 0 Å². The summed E-state index contributed by atoms with van der Waals surface area (Å²) in [6.07, 6.45) is 0. The van der Waals surface area contributed by atoms with Gasteiger partial charge < -0.3 is 5.32 Å². The summed E-state index contributed by atoms with van der Waals surface area (Å²) in [5.74, 6) is 0.982. The first-order valence-corrected chi connectivity index (χ1v) is 6.72. The topological polar surface area (TPSA) is 29.1 Å². The molecule has 15 heavy (non-hydrogen) atoms. The van der Waals surface area contributed by atoms with Crippen molar-refractivity contribution in [1.29, 1.82) is 0 Å². The third kappa shape index (κ3) is 3.87. The van der Waals surface area contributed by atoms with E-state index in [1.54, 1.807) is 11.8 Å². The fourth-order valence-electron chi connectivity index (χ4n) is 1.08. The lowest BCUT2D eigenvalue weighted by molar-refractivity contribution is -0.115. The average molecular weight is 288 g/mol. The highest BCUT2D eigenvalue weighted by atomic mass is 79.9. The van der Waals surface area contributed by atoms with Gasteiger partial charge in [-0.25, -0.2) is 0 Å². The third-order valence-electron chi connectivity index (χ3n) is 1.81. The molecule has 0 spiro atoms. The van der Waals surface area contributed by atoms with Crippen molar-refractivity contribution < 1.29 is 4.79 Å². The van der Waals surface area contributed by atoms with Crippen LogP contribution in [0.5, 0.6) is 0 Å². The van der Waals surface area contributed by atoms with Gasteiger partial charge in [-0.2, -0.15) is 0 Å². The van der Waals surface area contributed by atoms with Crippen molar-refractivity contribution in [3.63, 3.8) is 0 Å². The number of hydrogen-bond acceptors (Lipinski definition) is 2. The molecular weight excluding hydrogens is 274 g/mol. The molecule has 1 aromatic carbocycles. The maximum Gasteiger partial charge on any atom is 0.237 e. The number of carbonyl (C=O) groups excluding carboxylic acids is 1. The number of benzene rings is 1. The van der Waals surface area contributed by atoms with Crippen LogP contribution in [0.15, 0.2) is 29.2 Å². The molecule has 0 aromatic heterocycles. The van der Waals surface area contributed by atoms with E-state index < -0.39 is 0 Å². The van der Waals surface area contributed by atoms with Gasteiger partial charge in [0.15, 0.2) is 0 Å². The second kappa shape index (κ2) is 6.18. The van der Waals surface area contributed by atoms with Gasteiger partial charge in [-0.3, -0.25) is 4.79 Å². The fourth-order valence-corrected chi connectivity index (χ4v) is 1.96. The first kappa shape index (κ1) is 12.6. The molecule has 1 aromatic rings. The van der Waals surface area contributed by atoms with Crippen molar-refractivity contribution >= 4 is 39.3 Å². The van der Waals surface area contributed by atoms with Crippen LogP contribution in [0, 0.1) is 0 Å². The number of para-hydroxylation sites is 1. The molecule has 0 aliphatic rings. The van der Waals surface area contributed by atoms with Crippen molar-refractivity contribution in [3.05, 3.63) is 24.3 Å². The van der Waals surface area contributed by atoms with Gasteiger partial charge >= 0.3 is 0 Å². The van der Waals surface area contributed by atoms with E-state index >= 15 is 0 Å². The quantitative estimate of drug-likeness (QED) is 0.678. The van der Waals surface area contributed by atoms with E-state index in [1.165, 1.54) is 0 Å². The molecule has 82 valence electrons. The number of nitrogens with one attached hydrogen (secondary N) is 1. The summed E-state index contributed by atoms with van der Waals surface area (Å²) < 4.78 is 0. The Morgan fingerprint density at radius 1 is 1.53 bits per heavy atom. The predicted octanol–water partition coefficient (Wildman–Crippen LogP) is 3.52. The smallest absolute Gasteiger partial charge is 0.237 e. The minimum Gasteiger partial charge on any atom is -0.324 e. The number of halogens is 1. The molecule has 1 rings (SSSR count). The predicted molar refractivity (Wildman–Crippen MR) is 69.9 cm³/mol. The van der Waals surface area contributed by atoms with Crippen molar-refractivity contribution in [2.24, 2.45) is 0 Å². The van der Waals surface area contributed by atoms with E-state index in [2.05, 4.69) is 28.2 Å². The van der Waals surface area contributed by atoms with E-state index in [0.717, 1.165) is 16.3 Å². The van der Waals surface area contributed by atoms with Gasteiger partial charge in [0.25, 0.3) is 0 Å². The monoisotopic (exact) mass is 287 g/mol. The van der Waals surface area contributed by atoms with Crippen LogP contribution in [-0.4, -0.2) is 16.5 Å². The Morgan fingerprint density at radius 2 is 2.20 bits per heavy atom. The maximum atomic E-state index is 11.5. The largest absolute Gasteiger partial charge is 0.324 e. The molecule has 0 aliphatic carbocycles. The second-order valence-electron chi connectivity index (χ2n) is 3.03. The zero-order chi connectivity index (χ0) is 11.3. The van der Waals surface area contributed by atoms with Crippen LogP contribution in [0.3, 0.4) is 0 Å². The molecule has 0 radical (unpaired) electrons. The van der Waals surface area contributed by atoms with Gasteiger partial charge in [0.1, 0.15) is 0 Å². The number of hydrogen-bond donors (Lipinski definition) is 1. The molecule has 0 saturated carbocycles. The number of anilines is 1. The Labute approximate surface area is 103 Å². The van der Waals surface area contributed by atoms with Crippen LogP contribution >= 0.6 is 27.7 Å². The summed E-state index contributed by atoms with van der Waals surface area (Å²) in [5.41, 5.74) is 0.889. The zero-order valence-electron chi connectivity index (χ0n) is 8.79. The highest BCUT2D eigenvalue weighted by Gasteiger charge is 2.10. The summed E-state index contributed by atoms with van der Waals surface area (Å²) >= 11 is 4.97. The highest BCUT2D eigenvalue weighted by Crippen LogP contribution is 2.26. The Kier molecular flexibility index (Phi) is 5.19. The Balaban J connectivity index is 2.79. The summed E-state index contributed by atoms with van der Waals surface area (Å²) in [4.78, 5) is 12.4. The van der Waals surface area contributed by atoms with Crippen molar-refractivity contribution in [2.75, 3.05) is 11.1 Å². The highest BCUT2D eigenvalue weighted by molar-refractivity contribution is 9.10. The van der Waals surface area contributed by atoms with Gasteiger partial charge in [0.2, 0.25) is 5.91 Å². The average Bonchev–Trinajstić information content (AvgIpc) is 2.21. The molecule has 0 bridgehead atoms. The normalized spacial score (nSPS) is 12.2. The molecule has 0 heterocycles. The lowest BCUT2D eigenvalue weighted by Crippen LogP contribution is -2.20. The molecule has 1 unspecified atom stereocenters. The van der Waals surface area contributed by atoms with Gasteiger partial charge in [-0.05, 0) is 24.8 Å². The van der Waals surface area contributed by atoms with E-state index in [9.17, 15) is 4.79 Å². The molecular formula is C11H14BrNOS. The minimum atomic E-state index is -0.169. The molecule has 0 saturated heterocycles. The molecule has 1 amide bonds. The first-order chi connectivity index (χ1) is 7.15. The van der Waals surface area contributed by atoms with E-state index in [-0.39, 0.29) is 10.7 Å². The lowest BCUT2D eigenvalue weighted by Gasteiger charge is -2.10. The summed E-state index contributed by atoms with van der Waals surface area (Å²) in [7, 11) is 0. The van der Waals surface area contributed by atoms with E-state index in [1.807, 2.05) is 31.2 Å². The van der Waals surface area contributed by atoms with Crippen LogP contribution < -0.4 is 5.32 Å². The molecule has 0 fully saturated rings. The van der Waals surface area contributed by atoms with Crippen molar-refractivity contribution in [3.8, 4) is 0 Å². The van der Waals surface area contributed by atoms with Gasteiger partial charge in [0, 0.05) is 4.90 Å². The van der Waals surface area contributed by atoms with Gasteiger partial charge in [-0.1, -0.05) is 35.0 Å². The van der Waals surface area contributed by atoms with Crippen molar-refractivity contribution in [2.45, 2.75) is 23.6 Å².